The van der Waals surface area contributed by atoms with Gasteiger partial charge in [0.2, 0.25) is 0 Å². The summed E-state index contributed by atoms with van der Waals surface area (Å²) in [6.45, 7) is 2.70. The van der Waals surface area contributed by atoms with E-state index in [1.807, 2.05) is 24.3 Å². The first kappa shape index (κ1) is 21.9. The molecule has 0 atom stereocenters. The Morgan fingerprint density at radius 3 is 2.31 bits per heavy atom. The predicted molar refractivity (Wildman–Crippen MR) is 128 cm³/mol. The van der Waals surface area contributed by atoms with Gasteiger partial charge in [-0.25, -0.2) is 0 Å². The van der Waals surface area contributed by atoms with E-state index in [0.717, 1.165) is 24.5 Å². The molecule has 0 radical (unpaired) electrons. The average molecular weight is 469 g/mol. The van der Waals surface area contributed by atoms with Gasteiger partial charge in [-0.1, -0.05) is 23.7 Å². The summed E-state index contributed by atoms with van der Waals surface area (Å²) < 4.78 is 5.20. The van der Waals surface area contributed by atoms with Crippen molar-refractivity contribution in [2.75, 3.05) is 36.4 Å². The molecule has 2 amide bonds. The number of piperazine rings is 1. The molecule has 0 spiro atoms. The Morgan fingerprint density at radius 2 is 1.66 bits per heavy atom. The summed E-state index contributed by atoms with van der Waals surface area (Å²) in [6.07, 6.45) is 1.51. The minimum Gasteiger partial charge on any atom is -0.459 e. The van der Waals surface area contributed by atoms with E-state index in [-0.39, 0.29) is 16.9 Å². The molecule has 2 N–H and O–H groups in total. The van der Waals surface area contributed by atoms with Crippen LogP contribution in [0.4, 0.5) is 11.4 Å². The molecule has 0 bridgehead atoms. The number of hydrogen-bond donors (Lipinski definition) is 2. The van der Waals surface area contributed by atoms with Gasteiger partial charge >= 0.3 is 0 Å². The monoisotopic (exact) mass is 468 g/mol. The molecule has 2 heterocycles. The molecule has 1 saturated heterocycles. The number of rotatable bonds is 4. The van der Waals surface area contributed by atoms with Crippen molar-refractivity contribution in [3.8, 4) is 0 Å². The third kappa shape index (κ3) is 5.09. The number of halogens is 1. The van der Waals surface area contributed by atoms with Crippen LogP contribution in [-0.4, -0.2) is 48.0 Å². The first-order valence-corrected chi connectivity index (χ1v) is 10.8. The van der Waals surface area contributed by atoms with Gasteiger partial charge in [0.05, 0.1) is 16.8 Å². The fraction of sp³-hybridized carbons (Fsp3) is 0.174. The SMILES string of the molecule is O=C(NC(=S)Nc1ccc(N2CCN(C(=O)c3ccco3)CC2)cc1)c1ccccc1Cl. The number of nitrogens with zero attached hydrogens (tertiary/aromatic N) is 2. The molecule has 3 aromatic rings. The van der Waals surface area contributed by atoms with Crippen molar-refractivity contribution in [2.24, 2.45) is 0 Å². The van der Waals surface area contributed by atoms with Crippen LogP contribution in [0.5, 0.6) is 0 Å². The molecular formula is C23H21ClN4O3S. The molecule has 164 valence electrons. The van der Waals surface area contributed by atoms with Crippen molar-refractivity contribution in [2.45, 2.75) is 0 Å². The molecule has 0 aliphatic carbocycles. The summed E-state index contributed by atoms with van der Waals surface area (Å²) in [5.41, 5.74) is 2.16. The van der Waals surface area contributed by atoms with Gasteiger partial charge in [-0.15, -0.1) is 0 Å². The van der Waals surface area contributed by atoms with Gasteiger partial charge in [-0.3, -0.25) is 14.9 Å². The van der Waals surface area contributed by atoms with E-state index in [1.54, 1.807) is 41.3 Å². The van der Waals surface area contributed by atoms with Gasteiger partial charge in [0.1, 0.15) is 0 Å². The Morgan fingerprint density at radius 1 is 0.938 bits per heavy atom. The van der Waals surface area contributed by atoms with Crippen LogP contribution in [0.25, 0.3) is 0 Å². The highest BCUT2D eigenvalue weighted by Gasteiger charge is 2.23. The summed E-state index contributed by atoms with van der Waals surface area (Å²) in [7, 11) is 0. The van der Waals surface area contributed by atoms with E-state index in [2.05, 4.69) is 15.5 Å². The van der Waals surface area contributed by atoms with Crippen LogP contribution in [0.15, 0.2) is 71.3 Å². The van der Waals surface area contributed by atoms with Crippen LogP contribution < -0.4 is 15.5 Å². The summed E-state index contributed by atoms with van der Waals surface area (Å²) >= 11 is 11.3. The zero-order valence-corrected chi connectivity index (χ0v) is 18.7. The number of carbonyl (C=O) groups is 2. The van der Waals surface area contributed by atoms with Gasteiger partial charge < -0.3 is 19.5 Å². The molecule has 2 aromatic carbocycles. The van der Waals surface area contributed by atoms with Crippen molar-refractivity contribution >= 4 is 52.1 Å². The Balaban J connectivity index is 1.29. The predicted octanol–water partition coefficient (Wildman–Crippen LogP) is 4.02. The zero-order valence-electron chi connectivity index (χ0n) is 17.1. The van der Waals surface area contributed by atoms with Crippen LogP contribution in [0.3, 0.4) is 0 Å². The van der Waals surface area contributed by atoms with Gasteiger partial charge in [0, 0.05) is 37.6 Å². The Bertz CT molecular complexity index is 1110. The van der Waals surface area contributed by atoms with Gasteiger partial charge in [-0.2, -0.15) is 0 Å². The fourth-order valence-electron chi connectivity index (χ4n) is 3.46. The van der Waals surface area contributed by atoms with Crippen LogP contribution >= 0.6 is 23.8 Å². The van der Waals surface area contributed by atoms with Crippen LogP contribution in [0.2, 0.25) is 5.02 Å². The molecule has 0 saturated carbocycles. The Labute approximate surface area is 195 Å². The van der Waals surface area contributed by atoms with E-state index in [4.69, 9.17) is 28.2 Å². The fourth-order valence-corrected chi connectivity index (χ4v) is 3.89. The van der Waals surface area contributed by atoms with Crippen LogP contribution in [0.1, 0.15) is 20.9 Å². The maximum absolute atomic E-state index is 12.4. The van der Waals surface area contributed by atoms with E-state index >= 15 is 0 Å². The minimum absolute atomic E-state index is 0.0819. The highest BCUT2D eigenvalue weighted by molar-refractivity contribution is 7.80. The van der Waals surface area contributed by atoms with E-state index < -0.39 is 0 Å². The van der Waals surface area contributed by atoms with Crippen LogP contribution in [0, 0.1) is 0 Å². The number of amides is 2. The van der Waals surface area contributed by atoms with Crippen molar-refractivity contribution < 1.29 is 14.0 Å². The lowest BCUT2D eigenvalue weighted by molar-refractivity contribution is 0.0714. The molecule has 1 fully saturated rings. The topological polar surface area (TPSA) is 77.8 Å². The average Bonchev–Trinajstić information content (AvgIpc) is 3.34. The molecule has 32 heavy (non-hydrogen) atoms. The minimum atomic E-state index is -0.369. The maximum Gasteiger partial charge on any atom is 0.289 e. The second kappa shape index (κ2) is 9.84. The van der Waals surface area contributed by atoms with E-state index in [9.17, 15) is 9.59 Å². The lowest BCUT2D eigenvalue weighted by atomic mass is 10.2. The standard InChI is InChI=1S/C23H21ClN4O3S/c24-19-5-2-1-4-18(19)21(29)26-23(32)25-16-7-9-17(10-8-16)27-11-13-28(14-12-27)22(30)20-6-3-15-31-20/h1-10,15H,11-14H2,(H2,25,26,29,32). The number of anilines is 2. The normalized spacial score (nSPS) is 13.5. The summed E-state index contributed by atoms with van der Waals surface area (Å²) in [4.78, 5) is 28.7. The van der Waals surface area contributed by atoms with E-state index in [0.29, 0.717) is 29.4 Å². The molecule has 1 aromatic heterocycles. The summed E-state index contributed by atoms with van der Waals surface area (Å²) in [5, 5.41) is 6.19. The third-order valence-corrected chi connectivity index (χ3v) is 5.67. The Kier molecular flexibility index (Phi) is 6.72. The molecule has 9 heteroatoms. The molecule has 4 rings (SSSR count). The third-order valence-electron chi connectivity index (χ3n) is 5.13. The van der Waals surface area contributed by atoms with E-state index in [1.165, 1.54) is 6.26 Å². The van der Waals surface area contributed by atoms with Crippen LogP contribution in [-0.2, 0) is 0 Å². The zero-order chi connectivity index (χ0) is 22.5. The first-order chi connectivity index (χ1) is 15.5. The summed E-state index contributed by atoms with van der Waals surface area (Å²) in [5.74, 6) is -0.0836. The lowest BCUT2D eigenvalue weighted by Gasteiger charge is -2.35. The molecule has 7 nitrogen and oxygen atoms in total. The number of nitrogens with one attached hydrogen (secondary N) is 2. The smallest absolute Gasteiger partial charge is 0.289 e. The second-order valence-corrected chi connectivity index (χ2v) is 8.01. The van der Waals surface area contributed by atoms with Gasteiger partial charge in [0.15, 0.2) is 10.9 Å². The Hall–Kier alpha value is -3.36. The number of benzene rings is 2. The van der Waals surface area contributed by atoms with Crippen molar-refractivity contribution in [3.05, 3.63) is 83.3 Å². The summed E-state index contributed by atoms with van der Waals surface area (Å²) in [6, 6.07) is 17.9. The first-order valence-electron chi connectivity index (χ1n) is 10.1. The molecule has 1 aliphatic heterocycles. The maximum atomic E-state index is 12.4. The van der Waals surface area contributed by atoms with Gasteiger partial charge in [-0.05, 0) is 60.7 Å². The number of furan rings is 1. The molecular weight excluding hydrogens is 448 g/mol. The number of carbonyl (C=O) groups excluding carboxylic acids is 2. The lowest BCUT2D eigenvalue weighted by Crippen LogP contribution is -2.48. The molecule has 0 unspecified atom stereocenters. The largest absolute Gasteiger partial charge is 0.459 e. The highest BCUT2D eigenvalue weighted by Crippen LogP contribution is 2.20. The van der Waals surface area contributed by atoms with Crippen molar-refractivity contribution in [3.63, 3.8) is 0 Å². The number of hydrogen-bond acceptors (Lipinski definition) is 5. The number of thiocarbonyl (C=S) groups is 1. The second-order valence-electron chi connectivity index (χ2n) is 7.19. The highest BCUT2D eigenvalue weighted by atomic mass is 35.5. The molecule has 1 aliphatic rings. The van der Waals surface area contributed by atoms with Crippen molar-refractivity contribution in [1.29, 1.82) is 0 Å². The van der Waals surface area contributed by atoms with Crippen molar-refractivity contribution in [1.82, 2.24) is 10.2 Å². The van der Waals surface area contributed by atoms with Gasteiger partial charge in [0.25, 0.3) is 11.8 Å². The quantitative estimate of drug-likeness (QED) is 0.563.